The van der Waals surface area contributed by atoms with Crippen LogP contribution in [0.2, 0.25) is 0 Å². The van der Waals surface area contributed by atoms with Crippen LogP contribution in [0.3, 0.4) is 0 Å². The molecule has 0 amide bonds. The lowest BCUT2D eigenvalue weighted by molar-refractivity contribution is -0.137. The molecule has 0 saturated carbocycles. The van der Waals surface area contributed by atoms with E-state index in [-0.39, 0.29) is 12.0 Å². The molecule has 0 N–H and O–H groups in total. The maximum Gasteiger partial charge on any atom is 0.416 e. The van der Waals surface area contributed by atoms with Gasteiger partial charge in [0.2, 0.25) is 0 Å². The number of benzene rings is 4. The molecule has 0 spiro atoms. The molecule has 0 aliphatic heterocycles. The average molecular weight is 520 g/mol. The van der Waals surface area contributed by atoms with Gasteiger partial charge in [0.05, 0.1) is 12.7 Å². The maximum atomic E-state index is 13.0. The molecule has 0 bridgehead atoms. The van der Waals surface area contributed by atoms with Gasteiger partial charge in [-0.2, -0.15) is 13.2 Å². The minimum absolute atomic E-state index is 0.0949. The van der Waals surface area contributed by atoms with Gasteiger partial charge in [-0.15, -0.1) is 0 Å². The smallest absolute Gasteiger partial charge is 0.416 e. The Kier molecular flexibility index (Phi) is 8.30. The van der Waals surface area contributed by atoms with Crippen molar-refractivity contribution in [1.29, 1.82) is 0 Å². The fourth-order valence-corrected chi connectivity index (χ4v) is 4.46. The van der Waals surface area contributed by atoms with Gasteiger partial charge in [0.25, 0.3) is 0 Å². The lowest BCUT2D eigenvalue weighted by atomic mass is 9.94. The third-order valence-electron chi connectivity index (χ3n) is 6.92. The zero-order valence-electron chi connectivity index (χ0n) is 21.8. The lowest BCUT2D eigenvalue weighted by Gasteiger charge is -2.29. The number of nitrogens with zero attached hydrogens (tertiary/aromatic N) is 1. The topological polar surface area (TPSA) is 21.7 Å². The second-order valence-corrected chi connectivity index (χ2v) is 9.44. The van der Waals surface area contributed by atoms with Crippen LogP contribution in [0.15, 0.2) is 103 Å². The predicted octanol–water partition coefficient (Wildman–Crippen LogP) is 8.63. The third-order valence-corrected chi connectivity index (χ3v) is 6.92. The second-order valence-electron chi connectivity index (χ2n) is 9.44. The summed E-state index contributed by atoms with van der Waals surface area (Å²) in [6.07, 6.45) is -4.08. The van der Waals surface area contributed by atoms with E-state index in [1.54, 1.807) is 7.11 Å². The third kappa shape index (κ3) is 6.49. The van der Waals surface area contributed by atoms with E-state index in [1.807, 2.05) is 49.5 Å². The van der Waals surface area contributed by atoms with Crippen LogP contribution >= 0.6 is 0 Å². The zero-order valence-corrected chi connectivity index (χ0v) is 21.8. The summed E-state index contributed by atoms with van der Waals surface area (Å²) < 4.78 is 50.4. The van der Waals surface area contributed by atoms with Crippen molar-refractivity contribution in [2.75, 3.05) is 20.7 Å². The van der Waals surface area contributed by atoms with Gasteiger partial charge >= 0.3 is 6.18 Å². The molecule has 4 rings (SSSR count). The second kappa shape index (κ2) is 11.6. The van der Waals surface area contributed by atoms with Gasteiger partial charge in [-0.3, -0.25) is 0 Å². The number of rotatable bonds is 10. The molecule has 0 radical (unpaired) electrons. The first kappa shape index (κ1) is 27.1. The van der Waals surface area contributed by atoms with Crippen LogP contribution in [0.5, 0.6) is 11.5 Å². The van der Waals surface area contributed by atoms with Gasteiger partial charge < -0.3 is 14.4 Å². The van der Waals surface area contributed by atoms with Gasteiger partial charge in [0.15, 0.2) is 0 Å². The maximum absolute atomic E-state index is 13.0. The molecule has 0 unspecified atom stereocenters. The normalized spacial score (nSPS) is 13.1. The van der Waals surface area contributed by atoms with Crippen molar-refractivity contribution in [2.45, 2.75) is 31.5 Å². The number of likely N-dealkylation sites (N-methyl/N-ethyl adjacent to an activating group) is 1. The average Bonchev–Trinajstić information content (AvgIpc) is 2.93. The van der Waals surface area contributed by atoms with Crippen LogP contribution in [0.1, 0.15) is 42.1 Å². The lowest BCUT2D eigenvalue weighted by Crippen LogP contribution is -2.24. The van der Waals surface area contributed by atoms with Crippen LogP contribution in [0.4, 0.5) is 13.2 Å². The molecule has 4 aromatic carbocycles. The molecule has 0 aliphatic rings. The molecular formula is C32H32F3NO2. The number of allylic oxidation sites excluding steroid dienone is 1. The van der Waals surface area contributed by atoms with Gasteiger partial charge in [0, 0.05) is 31.6 Å². The summed E-state index contributed by atoms with van der Waals surface area (Å²) in [5, 5.41) is 2.25. The van der Waals surface area contributed by atoms with Gasteiger partial charge in [-0.1, -0.05) is 68.1 Å². The van der Waals surface area contributed by atoms with E-state index in [4.69, 9.17) is 9.47 Å². The highest BCUT2D eigenvalue weighted by atomic mass is 19.4. The number of hydrogen-bond donors (Lipinski definition) is 0. The standard InChI is InChI=1S/C32H32F3NO2/c1-22(25-10-11-27-21-30(37-4)15-12-26(27)20-25)23(2)36(3)19-18-31(24-8-6-5-7-9-24)38-29-16-13-28(14-17-29)32(33,34)35/h5-17,20-22,31H,2,18-19H2,1,3-4H3/t22-,31+/m0/s1. The number of alkyl halides is 3. The minimum atomic E-state index is -4.38. The number of ether oxygens (including phenoxy) is 2. The number of fused-ring (bicyclic) bond motifs is 1. The van der Waals surface area contributed by atoms with Crippen molar-refractivity contribution in [3.63, 3.8) is 0 Å². The molecule has 0 heterocycles. The minimum Gasteiger partial charge on any atom is -0.497 e. The van der Waals surface area contributed by atoms with Crippen LogP contribution in [0.25, 0.3) is 10.8 Å². The van der Waals surface area contributed by atoms with Crippen molar-refractivity contribution in [3.8, 4) is 11.5 Å². The Balaban J connectivity index is 1.45. The van der Waals surface area contributed by atoms with Crippen LogP contribution in [-0.2, 0) is 6.18 Å². The van der Waals surface area contributed by atoms with Crippen molar-refractivity contribution in [3.05, 3.63) is 120 Å². The van der Waals surface area contributed by atoms with Gasteiger partial charge in [-0.25, -0.2) is 0 Å². The van der Waals surface area contributed by atoms with Crippen molar-refractivity contribution >= 4 is 10.8 Å². The first-order valence-corrected chi connectivity index (χ1v) is 12.5. The van der Waals surface area contributed by atoms with Crippen molar-refractivity contribution < 1.29 is 22.6 Å². The number of hydrogen-bond acceptors (Lipinski definition) is 3. The Morgan fingerprint density at radius 3 is 2.13 bits per heavy atom. The Labute approximate surface area is 222 Å². The highest BCUT2D eigenvalue weighted by Gasteiger charge is 2.30. The van der Waals surface area contributed by atoms with E-state index >= 15 is 0 Å². The van der Waals surface area contributed by atoms with Crippen molar-refractivity contribution in [2.24, 2.45) is 0 Å². The molecule has 4 aromatic rings. The summed E-state index contributed by atoms with van der Waals surface area (Å²) in [6, 6.07) is 27.0. The molecule has 2 atom stereocenters. The van der Waals surface area contributed by atoms with E-state index in [0.29, 0.717) is 18.7 Å². The fraction of sp³-hybridized carbons (Fsp3) is 0.250. The molecule has 6 heteroatoms. The quantitative estimate of drug-likeness (QED) is 0.209. The van der Waals surface area contributed by atoms with Crippen molar-refractivity contribution in [1.82, 2.24) is 4.90 Å². The summed E-state index contributed by atoms with van der Waals surface area (Å²) in [7, 11) is 3.67. The monoisotopic (exact) mass is 519 g/mol. The summed E-state index contributed by atoms with van der Waals surface area (Å²) in [5.74, 6) is 1.32. The summed E-state index contributed by atoms with van der Waals surface area (Å²) >= 11 is 0. The SMILES string of the molecule is C=C([C@H](C)c1ccc2cc(OC)ccc2c1)N(C)CC[C@@H](Oc1ccc(C(F)(F)F)cc1)c1ccccc1. The highest BCUT2D eigenvalue weighted by Crippen LogP contribution is 2.33. The Morgan fingerprint density at radius 1 is 0.842 bits per heavy atom. The summed E-state index contributed by atoms with van der Waals surface area (Å²) in [5.41, 5.74) is 2.41. The Bertz CT molecular complexity index is 1370. The van der Waals surface area contributed by atoms with Gasteiger partial charge in [0.1, 0.15) is 17.6 Å². The van der Waals surface area contributed by atoms with Crippen LogP contribution in [0, 0.1) is 0 Å². The van der Waals surface area contributed by atoms with Gasteiger partial charge in [-0.05, 0) is 58.3 Å². The first-order chi connectivity index (χ1) is 18.2. The molecule has 38 heavy (non-hydrogen) atoms. The van der Waals surface area contributed by atoms with Crippen LogP contribution < -0.4 is 9.47 Å². The molecule has 0 aliphatic carbocycles. The highest BCUT2D eigenvalue weighted by molar-refractivity contribution is 5.84. The van der Waals surface area contributed by atoms with E-state index in [2.05, 4.69) is 42.7 Å². The van der Waals surface area contributed by atoms with Crippen LogP contribution in [-0.4, -0.2) is 25.6 Å². The molecule has 0 saturated heterocycles. The molecule has 0 fully saturated rings. The van der Waals surface area contributed by atoms with E-state index in [0.717, 1.165) is 39.9 Å². The molecule has 198 valence electrons. The first-order valence-electron chi connectivity index (χ1n) is 12.5. The predicted molar refractivity (Wildman–Crippen MR) is 147 cm³/mol. The largest absolute Gasteiger partial charge is 0.497 e. The summed E-state index contributed by atoms with van der Waals surface area (Å²) in [4.78, 5) is 2.12. The Hall–Kier alpha value is -3.93. The molecule has 0 aromatic heterocycles. The Morgan fingerprint density at radius 2 is 1.47 bits per heavy atom. The van der Waals surface area contributed by atoms with E-state index < -0.39 is 11.7 Å². The van der Waals surface area contributed by atoms with E-state index in [9.17, 15) is 13.2 Å². The van der Waals surface area contributed by atoms with E-state index in [1.165, 1.54) is 17.7 Å². The fourth-order valence-electron chi connectivity index (χ4n) is 4.46. The number of methoxy groups -OCH3 is 1. The number of halogens is 3. The zero-order chi connectivity index (χ0) is 27.3. The molecule has 3 nitrogen and oxygen atoms in total. The summed E-state index contributed by atoms with van der Waals surface area (Å²) in [6.45, 7) is 7.16. The molecular weight excluding hydrogens is 487 g/mol.